The highest BCUT2D eigenvalue weighted by molar-refractivity contribution is 4.85. The Kier molecular flexibility index (Phi) is 2.11. The van der Waals surface area contributed by atoms with Gasteiger partial charge in [-0.2, -0.15) is 0 Å². The van der Waals surface area contributed by atoms with E-state index in [1.165, 1.54) is 19.4 Å². The summed E-state index contributed by atoms with van der Waals surface area (Å²) in [6.07, 6.45) is 2.95. The van der Waals surface area contributed by atoms with Crippen molar-refractivity contribution in [3.63, 3.8) is 0 Å². The lowest BCUT2D eigenvalue weighted by atomic mass is 10.2. The zero-order chi connectivity index (χ0) is 7.68. The van der Waals surface area contributed by atoms with Gasteiger partial charge in [0.2, 0.25) is 0 Å². The fraction of sp³-hybridized carbons (Fsp3) is 1.00. The second-order valence-corrected chi connectivity index (χ2v) is 3.48. The summed E-state index contributed by atoms with van der Waals surface area (Å²) in [5.74, 6) is 0. The number of hydrogen-bond donors (Lipinski definition) is 1. The van der Waals surface area contributed by atoms with Crippen molar-refractivity contribution in [1.82, 2.24) is 4.90 Å². The molecule has 2 atom stereocenters. The van der Waals surface area contributed by atoms with E-state index in [2.05, 4.69) is 4.90 Å². The molecule has 3 heteroatoms. The summed E-state index contributed by atoms with van der Waals surface area (Å²) in [6, 6.07) is 0.706. The van der Waals surface area contributed by atoms with E-state index >= 15 is 0 Å². The van der Waals surface area contributed by atoms with E-state index in [1.54, 1.807) is 0 Å². The lowest BCUT2D eigenvalue weighted by Gasteiger charge is -2.34. The molecular weight excluding hydrogens is 140 g/mol. The molecule has 0 aliphatic carbocycles. The smallest absolute Gasteiger partial charge is 0.0824 e. The maximum atomic E-state index is 5.57. The minimum Gasteiger partial charge on any atom is -0.374 e. The van der Waals surface area contributed by atoms with Crippen LogP contribution in [0.2, 0.25) is 0 Å². The summed E-state index contributed by atoms with van der Waals surface area (Å²) in [6.45, 7) is 3.89. The second kappa shape index (κ2) is 3.09. The van der Waals surface area contributed by atoms with Crippen LogP contribution in [0, 0.1) is 0 Å². The molecule has 2 aliphatic rings. The van der Waals surface area contributed by atoms with Gasteiger partial charge >= 0.3 is 0 Å². The van der Waals surface area contributed by atoms with Gasteiger partial charge in [0.1, 0.15) is 0 Å². The molecule has 2 N–H and O–H groups in total. The molecular formula is C8H16N2O. The standard InChI is InChI=1S/C8H16N2O/c9-4-8-5-10-3-1-2-7(10)6-11-8/h7-8H,1-6,9H2/t7-,8-/m1/s1. The average molecular weight is 156 g/mol. The minimum atomic E-state index is 0.296. The van der Waals surface area contributed by atoms with E-state index in [9.17, 15) is 0 Å². The van der Waals surface area contributed by atoms with Gasteiger partial charge in [-0.05, 0) is 19.4 Å². The van der Waals surface area contributed by atoms with Gasteiger partial charge in [-0.25, -0.2) is 0 Å². The molecule has 2 saturated heterocycles. The number of hydrogen-bond acceptors (Lipinski definition) is 3. The normalized spacial score (nSPS) is 39.0. The van der Waals surface area contributed by atoms with Gasteiger partial charge in [-0.15, -0.1) is 0 Å². The summed E-state index contributed by atoms with van der Waals surface area (Å²) in [4.78, 5) is 2.51. The number of ether oxygens (including phenoxy) is 1. The SMILES string of the molecule is NC[C@@H]1CN2CCC[C@@H]2CO1. The molecule has 0 aromatic carbocycles. The summed E-state index contributed by atoms with van der Waals surface area (Å²) in [5.41, 5.74) is 5.53. The largest absolute Gasteiger partial charge is 0.374 e. The summed E-state index contributed by atoms with van der Waals surface area (Å²) in [7, 11) is 0. The third-order valence-electron chi connectivity index (χ3n) is 2.72. The van der Waals surface area contributed by atoms with Gasteiger partial charge in [-0.1, -0.05) is 0 Å². The Labute approximate surface area is 67.5 Å². The van der Waals surface area contributed by atoms with Crippen LogP contribution >= 0.6 is 0 Å². The predicted molar refractivity (Wildman–Crippen MR) is 43.4 cm³/mol. The number of rotatable bonds is 1. The molecule has 0 unspecified atom stereocenters. The van der Waals surface area contributed by atoms with Crippen molar-refractivity contribution in [3.05, 3.63) is 0 Å². The fourth-order valence-corrected chi connectivity index (χ4v) is 2.03. The Morgan fingerprint density at radius 1 is 1.55 bits per heavy atom. The highest BCUT2D eigenvalue weighted by atomic mass is 16.5. The van der Waals surface area contributed by atoms with Crippen LogP contribution in [0.25, 0.3) is 0 Å². The third kappa shape index (κ3) is 1.41. The molecule has 0 bridgehead atoms. The van der Waals surface area contributed by atoms with Crippen molar-refractivity contribution in [2.24, 2.45) is 5.73 Å². The van der Waals surface area contributed by atoms with E-state index in [1.807, 2.05) is 0 Å². The molecule has 2 fully saturated rings. The number of nitrogens with two attached hydrogens (primary N) is 1. The van der Waals surface area contributed by atoms with Gasteiger partial charge in [-0.3, -0.25) is 4.90 Å². The van der Waals surface area contributed by atoms with Crippen LogP contribution < -0.4 is 5.73 Å². The van der Waals surface area contributed by atoms with Crippen molar-refractivity contribution in [1.29, 1.82) is 0 Å². The van der Waals surface area contributed by atoms with Gasteiger partial charge < -0.3 is 10.5 Å². The first kappa shape index (κ1) is 7.53. The van der Waals surface area contributed by atoms with Crippen LogP contribution in [0.4, 0.5) is 0 Å². The van der Waals surface area contributed by atoms with Crippen LogP contribution in [0.1, 0.15) is 12.8 Å². The Bertz CT molecular complexity index is 140. The maximum absolute atomic E-state index is 5.57. The van der Waals surface area contributed by atoms with Crippen molar-refractivity contribution >= 4 is 0 Å². The molecule has 3 nitrogen and oxygen atoms in total. The van der Waals surface area contributed by atoms with Crippen LogP contribution in [0.5, 0.6) is 0 Å². The first-order chi connectivity index (χ1) is 5.40. The number of nitrogens with zero attached hydrogens (tertiary/aromatic N) is 1. The molecule has 0 saturated carbocycles. The van der Waals surface area contributed by atoms with Crippen molar-refractivity contribution in [2.45, 2.75) is 25.0 Å². The Morgan fingerprint density at radius 3 is 3.27 bits per heavy atom. The van der Waals surface area contributed by atoms with Crippen LogP contribution in [0.15, 0.2) is 0 Å². The monoisotopic (exact) mass is 156 g/mol. The van der Waals surface area contributed by atoms with Crippen LogP contribution in [0.3, 0.4) is 0 Å². The lowest BCUT2D eigenvalue weighted by molar-refractivity contribution is -0.0434. The molecule has 64 valence electrons. The minimum absolute atomic E-state index is 0.296. The van der Waals surface area contributed by atoms with Crippen molar-refractivity contribution in [2.75, 3.05) is 26.2 Å². The molecule has 0 spiro atoms. The topological polar surface area (TPSA) is 38.5 Å². The van der Waals surface area contributed by atoms with E-state index in [4.69, 9.17) is 10.5 Å². The highest BCUT2D eigenvalue weighted by Crippen LogP contribution is 2.21. The second-order valence-electron chi connectivity index (χ2n) is 3.48. The molecule has 2 rings (SSSR count). The van der Waals surface area contributed by atoms with Crippen molar-refractivity contribution < 1.29 is 4.74 Å². The first-order valence-electron chi connectivity index (χ1n) is 4.46. The first-order valence-corrected chi connectivity index (χ1v) is 4.46. The van der Waals surface area contributed by atoms with Crippen molar-refractivity contribution in [3.8, 4) is 0 Å². The van der Waals surface area contributed by atoms with E-state index in [-0.39, 0.29) is 0 Å². The van der Waals surface area contributed by atoms with E-state index in [0.717, 1.165) is 13.2 Å². The highest BCUT2D eigenvalue weighted by Gasteiger charge is 2.31. The Morgan fingerprint density at radius 2 is 2.45 bits per heavy atom. The van der Waals surface area contributed by atoms with Gasteiger partial charge in [0, 0.05) is 19.1 Å². The molecule has 0 amide bonds. The van der Waals surface area contributed by atoms with E-state index < -0.39 is 0 Å². The Balaban J connectivity index is 1.91. The number of morpholine rings is 1. The lowest BCUT2D eigenvalue weighted by Crippen LogP contribution is -2.48. The van der Waals surface area contributed by atoms with E-state index in [0.29, 0.717) is 18.7 Å². The molecule has 2 aliphatic heterocycles. The summed E-state index contributed by atoms with van der Waals surface area (Å²) >= 11 is 0. The van der Waals surface area contributed by atoms with Crippen LogP contribution in [-0.4, -0.2) is 43.3 Å². The molecule has 0 aromatic rings. The fourth-order valence-electron chi connectivity index (χ4n) is 2.03. The Hall–Kier alpha value is -0.120. The predicted octanol–water partition coefficient (Wildman–Crippen LogP) is -0.192. The molecule has 2 heterocycles. The summed E-state index contributed by atoms with van der Waals surface area (Å²) < 4.78 is 5.57. The summed E-state index contributed by atoms with van der Waals surface area (Å²) in [5, 5.41) is 0. The average Bonchev–Trinajstić information content (AvgIpc) is 2.50. The van der Waals surface area contributed by atoms with Crippen LogP contribution in [-0.2, 0) is 4.74 Å². The molecule has 11 heavy (non-hydrogen) atoms. The zero-order valence-electron chi connectivity index (χ0n) is 6.83. The molecule has 0 radical (unpaired) electrons. The third-order valence-corrected chi connectivity index (χ3v) is 2.72. The van der Waals surface area contributed by atoms with Gasteiger partial charge in [0.15, 0.2) is 0 Å². The maximum Gasteiger partial charge on any atom is 0.0824 e. The molecule has 0 aromatic heterocycles. The quantitative estimate of drug-likeness (QED) is 0.572. The van der Waals surface area contributed by atoms with Gasteiger partial charge in [0.05, 0.1) is 12.7 Å². The van der Waals surface area contributed by atoms with Gasteiger partial charge in [0.25, 0.3) is 0 Å². The zero-order valence-corrected chi connectivity index (χ0v) is 6.83. The number of fused-ring (bicyclic) bond motifs is 1.